The summed E-state index contributed by atoms with van der Waals surface area (Å²) in [4.78, 5) is 30.1. The third-order valence-electron chi connectivity index (χ3n) is 4.74. The molecule has 0 saturated carbocycles. The van der Waals surface area contributed by atoms with Crippen molar-refractivity contribution in [3.8, 4) is 0 Å². The van der Waals surface area contributed by atoms with Crippen LogP contribution in [0.4, 0.5) is 5.69 Å². The smallest absolute Gasteiger partial charge is 0.265 e. The number of nitrogens with zero attached hydrogens (tertiary/aromatic N) is 1. The molecule has 0 radical (unpaired) electrons. The zero-order valence-corrected chi connectivity index (χ0v) is 17.5. The number of hydrogen-bond donors (Lipinski definition) is 2. The second-order valence-corrected chi connectivity index (χ2v) is 7.06. The molecule has 0 aliphatic carbocycles. The van der Waals surface area contributed by atoms with Crippen molar-refractivity contribution in [2.24, 2.45) is 5.16 Å². The van der Waals surface area contributed by atoms with E-state index in [1.54, 1.807) is 30.5 Å². The highest BCUT2D eigenvalue weighted by Gasteiger charge is 2.16. The van der Waals surface area contributed by atoms with Crippen LogP contribution in [0.3, 0.4) is 0 Å². The Kier molecular flexibility index (Phi) is 7.54. The van der Waals surface area contributed by atoms with E-state index in [-0.39, 0.29) is 18.6 Å². The molecule has 2 N–H and O–H groups in total. The van der Waals surface area contributed by atoms with Crippen LogP contribution < -0.4 is 10.6 Å². The number of amides is 2. The lowest BCUT2D eigenvalue weighted by Crippen LogP contribution is -2.28. The Bertz CT molecular complexity index is 1060. The zero-order valence-electron chi connectivity index (χ0n) is 17.5. The molecular weight excluding hydrogens is 390 g/mol. The third kappa shape index (κ3) is 6.27. The second-order valence-electron chi connectivity index (χ2n) is 7.06. The van der Waals surface area contributed by atoms with Gasteiger partial charge in [0.1, 0.15) is 0 Å². The summed E-state index contributed by atoms with van der Waals surface area (Å²) in [6.45, 7) is 3.61. The van der Waals surface area contributed by atoms with Gasteiger partial charge < -0.3 is 15.5 Å². The highest BCUT2D eigenvalue weighted by Crippen LogP contribution is 2.18. The molecule has 0 saturated heterocycles. The highest BCUT2D eigenvalue weighted by atomic mass is 16.6. The number of nitrogens with one attached hydrogen (secondary N) is 2. The number of para-hydroxylation sites is 1. The van der Waals surface area contributed by atoms with Crippen molar-refractivity contribution in [3.05, 3.63) is 101 Å². The van der Waals surface area contributed by atoms with Gasteiger partial charge in [-0.3, -0.25) is 9.59 Å². The molecule has 3 aromatic carbocycles. The van der Waals surface area contributed by atoms with Crippen molar-refractivity contribution in [1.29, 1.82) is 0 Å². The van der Waals surface area contributed by atoms with Gasteiger partial charge in [-0.05, 0) is 42.7 Å². The maximum atomic E-state index is 12.8. The molecule has 31 heavy (non-hydrogen) atoms. The normalized spacial score (nSPS) is 11.7. The first kappa shape index (κ1) is 21.8. The number of carbonyl (C=O) groups is 2. The Balaban J connectivity index is 1.57. The average molecular weight is 415 g/mol. The molecule has 3 rings (SSSR count). The fourth-order valence-electron chi connectivity index (χ4n) is 3.00. The van der Waals surface area contributed by atoms with Crippen LogP contribution in [0.25, 0.3) is 0 Å². The fourth-order valence-corrected chi connectivity index (χ4v) is 3.00. The molecule has 0 unspecified atom stereocenters. The molecular formula is C25H25N3O3. The summed E-state index contributed by atoms with van der Waals surface area (Å²) in [5.41, 5.74) is 3.76. The molecule has 0 bridgehead atoms. The maximum Gasteiger partial charge on any atom is 0.265 e. The SMILES string of the molecule is Cc1ccccc1/C=N\OCC(=O)Nc1ccccc1C(=O)N[C@@H](C)c1ccccc1. The third-order valence-corrected chi connectivity index (χ3v) is 4.74. The minimum Gasteiger partial charge on any atom is -0.386 e. The average Bonchev–Trinajstić information content (AvgIpc) is 2.78. The van der Waals surface area contributed by atoms with Crippen molar-refractivity contribution < 1.29 is 14.4 Å². The molecule has 1 atom stereocenters. The van der Waals surface area contributed by atoms with E-state index in [1.165, 1.54) is 0 Å². The fraction of sp³-hybridized carbons (Fsp3) is 0.160. The van der Waals surface area contributed by atoms with Gasteiger partial charge in [-0.25, -0.2) is 0 Å². The van der Waals surface area contributed by atoms with Gasteiger partial charge in [0, 0.05) is 0 Å². The largest absolute Gasteiger partial charge is 0.386 e. The van der Waals surface area contributed by atoms with Crippen molar-refractivity contribution in [2.45, 2.75) is 19.9 Å². The molecule has 0 aliphatic rings. The first-order valence-corrected chi connectivity index (χ1v) is 10.0. The van der Waals surface area contributed by atoms with E-state index < -0.39 is 5.91 Å². The summed E-state index contributed by atoms with van der Waals surface area (Å²) in [7, 11) is 0. The molecule has 0 aromatic heterocycles. The summed E-state index contributed by atoms with van der Waals surface area (Å²) in [5, 5.41) is 9.52. The molecule has 0 aliphatic heterocycles. The zero-order chi connectivity index (χ0) is 22.1. The van der Waals surface area contributed by atoms with E-state index >= 15 is 0 Å². The van der Waals surface area contributed by atoms with E-state index in [0.29, 0.717) is 11.3 Å². The molecule has 6 nitrogen and oxygen atoms in total. The Labute approximate surface area is 181 Å². The van der Waals surface area contributed by atoms with Gasteiger partial charge in [-0.2, -0.15) is 0 Å². The number of oxime groups is 1. The van der Waals surface area contributed by atoms with Crippen molar-refractivity contribution in [2.75, 3.05) is 11.9 Å². The predicted molar refractivity (Wildman–Crippen MR) is 122 cm³/mol. The number of rotatable bonds is 8. The first-order chi connectivity index (χ1) is 15.0. The van der Waals surface area contributed by atoms with Crippen molar-refractivity contribution >= 4 is 23.7 Å². The number of hydrogen-bond acceptors (Lipinski definition) is 4. The highest BCUT2D eigenvalue weighted by molar-refractivity contribution is 6.04. The summed E-state index contributed by atoms with van der Waals surface area (Å²) in [6, 6.07) is 24.1. The van der Waals surface area contributed by atoms with Gasteiger partial charge in [0.25, 0.3) is 11.8 Å². The monoisotopic (exact) mass is 415 g/mol. The predicted octanol–water partition coefficient (Wildman–Crippen LogP) is 4.48. The summed E-state index contributed by atoms with van der Waals surface area (Å²) in [5.74, 6) is -0.677. The van der Waals surface area contributed by atoms with Crippen LogP contribution in [0.1, 0.15) is 40.0 Å². The summed E-state index contributed by atoms with van der Waals surface area (Å²) < 4.78 is 0. The Morgan fingerprint density at radius 1 is 0.968 bits per heavy atom. The standard InChI is InChI=1S/C25H25N3O3/c1-18-10-6-7-13-21(18)16-26-31-17-24(29)28-23-15-9-8-14-22(23)25(30)27-19(2)20-11-4-3-5-12-20/h3-16,19H,17H2,1-2H3,(H,27,30)(H,28,29)/b26-16-/t19-/m0/s1. The van der Waals surface area contributed by atoms with Crippen LogP contribution in [0.5, 0.6) is 0 Å². The van der Waals surface area contributed by atoms with Crippen LogP contribution in [0.2, 0.25) is 0 Å². The number of carbonyl (C=O) groups excluding carboxylic acids is 2. The topological polar surface area (TPSA) is 79.8 Å². The van der Waals surface area contributed by atoms with Gasteiger partial charge in [-0.15, -0.1) is 0 Å². The quantitative estimate of drug-likeness (QED) is 0.421. The first-order valence-electron chi connectivity index (χ1n) is 10.0. The van der Waals surface area contributed by atoms with Crippen LogP contribution in [-0.2, 0) is 9.63 Å². The second kappa shape index (κ2) is 10.7. The maximum absolute atomic E-state index is 12.8. The molecule has 0 heterocycles. The van der Waals surface area contributed by atoms with Crippen molar-refractivity contribution in [3.63, 3.8) is 0 Å². The van der Waals surface area contributed by atoms with Gasteiger partial charge in [0.2, 0.25) is 0 Å². The lowest BCUT2D eigenvalue weighted by atomic mass is 10.1. The Hall–Kier alpha value is -3.93. The van der Waals surface area contributed by atoms with E-state index in [9.17, 15) is 9.59 Å². The van der Waals surface area contributed by atoms with Crippen LogP contribution >= 0.6 is 0 Å². The van der Waals surface area contributed by atoms with E-state index in [0.717, 1.165) is 16.7 Å². The minimum absolute atomic E-state index is 0.170. The van der Waals surface area contributed by atoms with E-state index in [4.69, 9.17) is 4.84 Å². The molecule has 158 valence electrons. The molecule has 3 aromatic rings. The van der Waals surface area contributed by atoms with Gasteiger partial charge in [-0.1, -0.05) is 71.9 Å². The Morgan fingerprint density at radius 3 is 2.42 bits per heavy atom. The Morgan fingerprint density at radius 2 is 1.65 bits per heavy atom. The number of aryl methyl sites for hydroxylation is 1. The summed E-state index contributed by atoms with van der Waals surface area (Å²) in [6.07, 6.45) is 1.56. The summed E-state index contributed by atoms with van der Waals surface area (Å²) >= 11 is 0. The van der Waals surface area contributed by atoms with Crippen LogP contribution in [-0.4, -0.2) is 24.6 Å². The van der Waals surface area contributed by atoms with E-state index in [1.807, 2.05) is 68.4 Å². The lowest BCUT2D eigenvalue weighted by Gasteiger charge is -2.16. The molecule has 0 fully saturated rings. The number of benzene rings is 3. The molecule has 6 heteroatoms. The van der Waals surface area contributed by atoms with Gasteiger partial charge in [0.05, 0.1) is 23.5 Å². The minimum atomic E-state index is -0.404. The van der Waals surface area contributed by atoms with Crippen LogP contribution in [0, 0.1) is 6.92 Å². The van der Waals surface area contributed by atoms with Crippen molar-refractivity contribution in [1.82, 2.24) is 5.32 Å². The molecule has 0 spiro atoms. The van der Waals surface area contributed by atoms with Crippen LogP contribution in [0.15, 0.2) is 84.0 Å². The lowest BCUT2D eigenvalue weighted by molar-refractivity contribution is -0.120. The molecule has 2 amide bonds. The van der Waals surface area contributed by atoms with E-state index in [2.05, 4.69) is 15.8 Å². The number of anilines is 1. The van der Waals surface area contributed by atoms with Gasteiger partial charge >= 0.3 is 0 Å². The van der Waals surface area contributed by atoms with Gasteiger partial charge in [0.15, 0.2) is 6.61 Å².